The van der Waals surface area contributed by atoms with Crippen molar-refractivity contribution in [1.29, 1.82) is 0 Å². The van der Waals surface area contributed by atoms with E-state index >= 15 is 0 Å². The van der Waals surface area contributed by atoms with E-state index in [0.717, 1.165) is 0 Å². The second kappa shape index (κ2) is 6.20. The van der Waals surface area contributed by atoms with Crippen LogP contribution in [-0.4, -0.2) is 16.0 Å². The minimum atomic E-state index is -0.825. The van der Waals surface area contributed by atoms with Gasteiger partial charge < -0.3 is 10.4 Å². The van der Waals surface area contributed by atoms with Crippen molar-refractivity contribution < 1.29 is 14.3 Å². The molecule has 6 heteroatoms. The summed E-state index contributed by atoms with van der Waals surface area (Å²) in [6.45, 7) is 2.92. The third-order valence-corrected chi connectivity index (χ3v) is 3.15. The molecule has 2 N–H and O–H groups in total. The predicted octanol–water partition coefficient (Wildman–Crippen LogP) is 3.55. The molecule has 1 heterocycles. The van der Waals surface area contributed by atoms with Crippen molar-refractivity contribution in [1.82, 2.24) is 4.98 Å². The number of nitrogens with one attached hydrogen (secondary N) is 1. The number of anilines is 1. The summed E-state index contributed by atoms with van der Waals surface area (Å²) in [6, 6.07) is 5.80. The Kier molecular flexibility index (Phi) is 4.55. The van der Waals surface area contributed by atoms with Gasteiger partial charge in [0.15, 0.2) is 0 Å². The van der Waals surface area contributed by atoms with E-state index in [1.54, 1.807) is 13.0 Å². The maximum Gasteiger partial charge on any atom is 0.222 e. The Morgan fingerprint density at radius 3 is 2.67 bits per heavy atom. The topological polar surface area (TPSA) is 62.2 Å². The van der Waals surface area contributed by atoms with E-state index in [2.05, 4.69) is 10.3 Å². The van der Waals surface area contributed by atoms with Gasteiger partial charge in [-0.25, -0.2) is 9.37 Å². The monoisotopic (exact) mass is 308 g/mol. The van der Waals surface area contributed by atoms with Gasteiger partial charge >= 0.3 is 0 Å². The Labute approximate surface area is 126 Å². The molecule has 2 rings (SSSR count). The number of benzene rings is 1. The molecule has 0 saturated heterocycles. The quantitative estimate of drug-likeness (QED) is 0.911. The van der Waals surface area contributed by atoms with Crippen LogP contribution in [0.3, 0.4) is 0 Å². The number of aliphatic hydroxyl groups is 1. The van der Waals surface area contributed by atoms with Gasteiger partial charge in [0.1, 0.15) is 11.6 Å². The standard InChI is InChI=1S/C15H14ClFN2O2/c1-8(20)13-7-18-15(19-9(2)21)6-12(13)11-4-3-10(16)5-14(11)17/h3-8,20H,1-2H3,(H,18,19,21). The van der Waals surface area contributed by atoms with Gasteiger partial charge in [-0.15, -0.1) is 0 Å². The largest absolute Gasteiger partial charge is 0.389 e. The molecule has 1 aromatic carbocycles. The lowest BCUT2D eigenvalue weighted by Gasteiger charge is -2.14. The van der Waals surface area contributed by atoms with Gasteiger partial charge in [0.05, 0.1) is 6.10 Å². The molecule has 1 atom stereocenters. The number of carbonyl (C=O) groups excluding carboxylic acids is 1. The fourth-order valence-corrected chi connectivity index (χ4v) is 2.15. The fourth-order valence-electron chi connectivity index (χ4n) is 1.99. The number of pyridine rings is 1. The lowest BCUT2D eigenvalue weighted by molar-refractivity contribution is -0.114. The predicted molar refractivity (Wildman–Crippen MR) is 79.6 cm³/mol. The first kappa shape index (κ1) is 15.4. The zero-order valence-electron chi connectivity index (χ0n) is 11.5. The molecule has 0 fully saturated rings. The summed E-state index contributed by atoms with van der Waals surface area (Å²) in [5.74, 6) is -0.504. The van der Waals surface area contributed by atoms with Gasteiger partial charge in [-0.2, -0.15) is 0 Å². The van der Waals surface area contributed by atoms with Crippen LogP contribution in [-0.2, 0) is 4.79 Å². The first-order chi connectivity index (χ1) is 9.88. The zero-order chi connectivity index (χ0) is 15.6. The van der Waals surface area contributed by atoms with E-state index in [1.807, 2.05) is 0 Å². The van der Waals surface area contributed by atoms with E-state index in [9.17, 15) is 14.3 Å². The van der Waals surface area contributed by atoms with Crippen LogP contribution >= 0.6 is 11.6 Å². The second-order valence-electron chi connectivity index (χ2n) is 4.64. The van der Waals surface area contributed by atoms with Crippen LogP contribution < -0.4 is 5.32 Å². The van der Waals surface area contributed by atoms with Crippen molar-refractivity contribution >= 4 is 23.3 Å². The molecule has 1 unspecified atom stereocenters. The molecule has 1 amide bonds. The molecule has 0 aliphatic carbocycles. The van der Waals surface area contributed by atoms with Crippen molar-refractivity contribution in [3.05, 3.63) is 46.9 Å². The molecule has 110 valence electrons. The van der Waals surface area contributed by atoms with Crippen LogP contribution in [0.25, 0.3) is 11.1 Å². The Balaban J connectivity index is 2.60. The lowest BCUT2D eigenvalue weighted by Crippen LogP contribution is -2.08. The Bertz CT molecular complexity index is 689. The van der Waals surface area contributed by atoms with Crippen molar-refractivity contribution in [2.45, 2.75) is 20.0 Å². The molecular formula is C15H14ClFN2O2. The molecular weight excluding hydrogens is 295 g/mol. The SMILES string of the molecule is CC(=O)Nc1cc(-c2ccc(Cl)cc2F)c(C(C)O)cn1. The number of rotatable bonds is 3. The van der Waals surface area contributed by atoms with Crippen LogP contribution in [0, 0.1) is 5.82 Å². The highest BCUT2D eigenvalue weighted by Gasteiger charge is 2.15. The van der Waals surface area contributed by atoms with Gasteiger partial charge in [0, 0.05) is 29.3 Å². The molecule has 0 aliphatic rings. The second-order valence-corrected chi connectivity index (χ2v) is 5.07. The lowest BCUT2D eigenvalue weighted by atomic mass is 9.98. The highest BCUT2D eigenvalue weighted by Crippen LogP contribution is 2.32. The fraction of sp³-hybridized carbons (Fsp3) is 0.200. The molecule has 0 radical (unpaired) electrons. The number of aliphatic hydroxyl groups excluding tert-OH is 1. The molecule has 4 nitrogen and oxygen atoms in total. The number of carbonyl (C=O) groups is 1. The van der Waals surface area contributed by atoms with Crippen LogP contribution in [0.15, 0.2) is 30.5 Å². The number of hydrogen-bond acceptors (Lipinski definition) is 3. The third kappa shape index (κ3) is 3.56. The summed E-state index contributed by atoms with van der Waals surface area (Å²) in [4.78, 5) is 15.1. The van der Waals surface area contributed by atoms with Gasteiger partial charge in [-0.1, -0.05) is 11.6 Å². The molecule has 2 aromatic rings. The first-order valence-corrected chi connectivity index (χ1v) is 6.67. The molecule has 0 bridgehead atoms. The van der Waals surface area contributed by atoms with Gasteiger partial charge in [0.2, 0.25) is 5.91 Å². The van der Waals surface area contributed by atoms with Crippen LogP contribution in [0.1, 0.15) is 25.5 Å². The Hall–Kier alpha value is -1.98. The van der Waals surface area contributed by atoms with E-state index in [0.29, 0.717) is 11.1 Å². The summed E-state index contributed by atoms with van der Waals surface area (Å²) in [7, 11) is 0. The van der Waals surface area contributed by atoms with Crippen molar-refractivity contribution in [2.75, 3.05) is 5.32 Å². The molecule has 0 aliphatic heterocycles. The van der Waals surface area contributed by atoms with Gasteiger partial charge in [-0.05, 0) is 36.8 Å². The van der Waals surface area contributed by atoms with Gasteiger partial charge in [-0.3, -0.25) is 4.79 Å². The van der Waals surface area contributed by atoms with Crippen LogP contribution in [0.5, 0.6) is 0 Å². The zero-order valence-corrected chi connectivity index (χ0v) is 12.3. The smallest absolute Gasteiger partial charge is 0.222 e. The average molecular weight is 309 g/mol. The highest BCUT2D eigenvalue weighted by molar-refractivity contribution is 6.30. The molecule has 0 spiro atoms. The molecule has 0 saturated carbocycles. The number of aromatic nitrogens is 1. The number of amides is 1. The highest BCUT2D eigenvalue weighted by atomic mass is 35.5. The number of halogens is 2. The molecule has 1 aromatic heterocycles. The Morgan fingerprint density at radius 1 is 1.38 bits per heavy atom. The van der Waals surface area contributed by atoms with E-state index in [1.165, 1.54) is 31.3 Å². The van der Waals surface area contributed by atoms with E-state index < -0.39 is 11.9 Å². The van der Waals surface area contributed by atoms with Gasteiger partial charge in [0.25, 0.3) is 0 Å². The minimum Gasteiger partial charge on any atom is -0.389 e. The number of hydrogen-bond donors (Lipinski definition) is 2. The molecule has 21 heavy (non-hydrogen) atoms. The first-order valence-electron chi connectivity index (χ1n) is 6.29. The third-order valence-electron chi connectivity index (χ3n) is 2.91. The van der Waals surface area contributed by atoms with Crippen LogP contribution in [0.4, 0.5) is 10.2 Å². The summed E-state index contributed by atoms with van der Waals surface area (Å²) >= 11 is 5.75. The van der Waals surface area contributed by atoms with Crippen molar-refractivity contribution in [3.63, 3.8) is 0 Å². The Morgan fingerprint density at radius 2 is 2.10 bits per heavy atom. The maximum absolute atomic E-state index is 14.1. The van der Waals surface area contributed by atoms with E-state index in [4.69, 9.17) is 11.6 Å². The van der Waals surface area contributed by atoms with E-state index in [-0.39, 0.29) is 22.3 Å². The minimum absolute atomic E-state index is 0.282. The average Bonchev–Trinajstić information content (AvgIpc) is 2.37. The van der Waals surface area contributed by atoms with Crippen molar-refractivity contribution in [3.8, 4) is 11.1 Å². The number of nitrogens with zero attached hydrogens (tertiary/aromatic N) is 1. The maximum atomic E-state index is 14.1. The summed E-state index contributed by atoms with van der Waals surface area (Å²) in [5, 5.41) is 12.6. The van der Waals surface area contributed by atoms with Crippen molar-refractivity contribution in [2.24, 2.45) is 0 Å². The summed E-state index contributed by atoms with van der Waals surface area (Å²) in [6.07, 6.45) is 0.591. The van der Waals surface area contributed by atoms with Crippen LogP contribution in [0.2, 0.25) is 5.02 Å². The summed E-state index contributed by atoms with van der Waals surface area (Å²) < 4.78 is 14.1. The normalized spacial score (nSPS) is 12.0. The summed E-state index contributed by atoms with van der Waals surface area (Å²) in [5.41, 5.74) is 1.20.